The molecule has 5 nitrogen and oxygen atoms in total. The van der Waals surface area contributed by atoms with E-state index in [1.165, 1.54) is 12.5 Å². The highest BCUT2D eigenvalue weighted by molar-refractivity contribution is 5.79. The standard InChI is InChI=1S/C19H21FN4O/c20-16-7-2-1-6-15(16)17-8-9-18(23-22-17)24-11-10-14(12-24)21-19(25)13-4-3-5-13/h1-2,6-9,13-14H,3-5,10-12H2,(H,21,25)/t14-/m1/s1. The third-order valence-electron chi connectivity index (χ3n) is 5.13. The summed E-state index contributed by atoms with van der Waals surface area (Å²) in [5, 5.41) is 11.6. The highest BCUT2D eigenvalue weighted by Gasteiger charge is 2.30. The Kier molecular flexibility index (Phi) is 4.34. The van der Waals surface area contributed by atoms with E-state index in [0.29, 0.717) is 11.3 Å². The molecule has 130 valence electrons. The van der Waals surface area contributed by atoms with Crippen molar-refractivity contribution in [2.45, 2.75) is 31.7 Å². The Labute approximate surface area is 146 Å². The SMILES string of the molecule is O=C(N[C@@H]1CCN(c2ccc(-c3ccccc3F)nn2)C1)C1CCC1. The lowest BCUT2D eigenvalue weighted by Gasteiger charge is -2.26. The van der Waals surface area contributed by atoms with Gasteiger partial charge in [0.15, 0.2) is 5.82 Å². The van der Waals surface area contributed by atoms with E-state index in [1.807, 2.05) is 6.07 Å². The Balaban J connectivity index is 1.39. The van der Waals surface area contributed by atoms with Crippen LogP contribution < -0.4 is 10.2 Å². The average Bonchev–Trinajstić information content (AvgIpc) is 3.02. The number of hydrogen-bond acceptors (Lipinski definition) is 4. The Morgan fingerprint density at radius 2 is 1.96 bits per heavy atom. The van der Waals surface area contributed by atoms with Crippen LogP contribution in [-0.4, -0.2) is 35.2 Å². The molecule has 6 heteroatoms. The maximum absolute atomic E-state index is 13.8. The van der Waals surface area contributed by atoms with Crippen molar-refractivity contribution in [1.29, 1.82) is 0 Å². The Morgan fingerprint density at radius 3 is 2.64 bits per heavy atom. The quantitative estimate of drug-likeness (QED) is 0.930. The van der Waals surface area contributed by atoms with E-state index in [0.717, 1.165) is 38.2 Å². The van der Waals surface area contributed by atoms with E-state index in [4.69, 9.17) is 0 Å². The van der Waals surface area contributed by atoms with Crippen molar-refractivity contribution in [2.75, 3.05) is 18.0 Å². The summed E-state index contributed by atoms with van der Waals surface area (Å²) >= 11 is 0. The van der Waals surface area contributed by atoms with Gasteiger partial charge in [0, 0.05) is 30.6 Å². The second-order valence-electron chi connectivity index (χ2n) is 6.82. The van der Waals surface area contributed by atoms with Crippen molar-refractivity contribution in [1.82, 2.24) is 15.5 Å². The van der Waals surface area contributed by atoms with E-state index in [-0.39, 0.29) is 23.7 Å². The fraction of sp³-hybridized carbons (Fsp3) is 0.421. The normalized spacial score (nSPS) is 20.4. The van der Waals surface area contributed by atoms with Crippen molar-refractivity contribution < 1.29 is 9.18 Å². The van der Waals surface area contributed by atoms with Crippen LogP contribution in [0, 0.1) is 11.7 Å². The molecule has 2 heterocycles. The topological polar surface area (TPSA) is 58.1 Å². The summed E-state index contributed by atoms with van der Waals surface area (Å²) in [4.78, 5) is 14.2. The summed E-state index contributed by atoms with van der Waals surface area (Å²) in [6.07, 6.45) is 4.12. The molecule has 1 amide bonds. The number of amides is 1. The van der Waals surface area contributed by atoms with Gasteiger partial charge in [-0.2, -0.15) is 0 Å². The fourth-order valence-corrected chi connectivity index (χ4v) is 3.38. The Bertz CT molecular complexity index is 760. The maximum atomic E-state index is 13.8. The minimum Gasteiger partial charge on any atom is -0.353 e. The van der Waals surface area contributed by atoms with Crippen LogP contribution in [0.2, 0.25) is 0 Å². The first kappa shape index (κ1) is 16.0. The van der Waals surface area contributed by atoms with Gasteiger partial charge in [-0.1, -0.05) is 18.6 Å². The molecule has 2 aromatic rings. The van der Waals surface area contributed by atoms with Crippen LogP contribution in [0.1, 0.15) is 25.7 Å². The Hall–Kier alpha value is -2.50. The first-order valence-corrected chi connectivity index (χ1v) is 8.84. The van der Waals surface area contributed by atoms with E-state index < -0.39 is 0 Å². The molecule has 1 aliphatic heterocycles. The highest BCUT2D eigenvalue weighted by atomic mass is 19.1. The van der Waals surface area contributed by atoms with Gasteiger partial charge in [-0.3, -0.25) is 4.79 Å². The summed E-state index contributed by atoms with van der Waals surface area (Å²) in [7, 11) is 0. The number of carbonyl (C=O) groups excluding carboxylic acids is 1. The van der Waals surface area contributed by atoms with E-state index in [1.54, 1.807) is 24.3 Å². The molecule has 1 N–H and O–H groups in total. The second kappa shape index (κ2) is 6.78. The number of carbonyl (C=O) groups is 1. The zero-order valence-corrected chi connectivity index (χ0v) is 14.0. The number of aromatic nitrogens is 2. The monoisotopic (exact) mass is 340 g/mol. The third kappa shape index (κ3) is 3.34. The molecule has 2 fully saturated rings. The second-order valence-corrected chi connectivity index (χ2v) is 6.82. The molecule has 25 heavy (non-hydrogen) atoms. The number of benzene rings is 1. The molecule has 1 aliphatic carbocycles. The predicted octanol–water partition coefficient (Wildman–Crippen LogP) is 2.78. The van der Waals surface area contributed by atoms with Gasteiger partial charge in [0.05, 0.1) is 5.69 Å². The summed E-state index contributed by atoms with van der Waals surface area (Å²) in [6, 6.07) is 10.4. The summed E-state index contributed by atoms with van der Waals surface area (Å²) in [5.41, 5.74) is 0.976. The van der Waals surface area contributed by atoms with Crippen LogP contribution in [0.3, 0.4) is 0 Å². The number of nitrogens with one attached hydrogen (secondary N) is 1. The first-order valence-electron chi connectivity index (χ1n) is 8.84. The lowest BCUT2D eigenvalue weighted by molar-refractivity contribution is -0.127. The molecule has 1 saturated heterocycles. The van der Waals surface area contributed by atoms with Gasteiger partial charge in [0.2, 0.25) is 5.91 Å². The van der Waals surface area contributed by atoms with Crippen molar-refractivity contribution in [3.8, 4) is 11.3 Å². The molecule has 0 spiro atoms. The lowest BCUT2D eigenvalue weighted by Crippen LogP contribution is -2.42. The van der Waals surface area contributed by atoms with Gasteiger partial charge in [-0.05, 0) is 43.5 Å². The number of nitrogens with zero attached hydrogens (tertiary/aromatic N) is 3. The molecular formula is C19H21FN4O. The zero-order chi connectivity index (χ0) is 17.2. The van der Waals surface area contributed by atoms with Crippen LogP contribution in [0.5, 0.6) is 0 Å². The zero-order valence-electron chi connectivity index (χ0n) is 14.0. The summed E-state index contributed by atoms with van der Waals surface area (Å²) in [6.45, 7) is 1.58. The maximum Gasteiger partial charge on any atom is 0.223 e. The van der Waals surface area contributed by atoms with Crippen molar-refractivity contribution in [3.63, 3.8) is 0 Å². The molecule has 4 rings (SSSR count). The molecular weight excluding hydrogens is 319 g/mol. The Morgan fingerprint density at radius 1 is 1.12 bits per heavy atom. The van der Waals surface area contributed by atoms with Crippen LogP contribution in [0.4, 0.5) is 10.2 Å². The van der Waals surface area contributed by atoms with Crippen molar-refractivity contribution in [3.05, 3.63) is 42.2 Å². The van der Waals surface area contributed by atoms with Gasteiger partial charge in [0.25, 0.3) is 0 Å². The van der Waals surface area contributed by atoms with Gasteiger partial charge in [-0.15, -0.1) is 10.2 Å². The highest BCUT2D eigenvalue weighted by Crippen LogP contribution is 2.27. The van der Waals surface area contributed by atoms with Crippen LogP contribution in [0.25, 0.3) is 11.3 Å². The van der Waals surface area contributed by atoms with Gasteiger partial charge in [0.1, 0.15) is 5.82 Å². The number of halogens is 1. The summed E-state index contributed by atoms with van der Waals surface area (Å²) in [5.74, 6) is 0.873. The third-order valence-corrected chi connectivity index (χ3v) is 5.13. The molecule has 0 unspecified atom stereocenters. The minimum atomic E-state index is -0.301. The fourth-order valence-electron chi connectivity index (χ4n) is 3.38. The molecule has 0 bridgehead atoms. The van der Waals surface area contributed by atoms with E-state index in [2.05, 4.69) is 20.4 Å². The predicted molar refractivity (Wildman–Crippen MR) is 93.5 cm³/mol. The van der Waals surface area contributed by atoms with Gasteiger partial charge >= 0.3 is 0 Å². The van der Waals surface area contributed by atoms with Gasteiger partial charge in [-0.25, -0.2) is 4.39 Å². The van der Waals surface area contributed by atoms with E-state index in [9.17, 15) is 9.18 Å². The average molecular weight is 340 g/mol. The molecule has 1 aromatic heterocycles. The largest absolute Gasteiger partial charge is 0.353 e. The van der Waals surface area contributed by atoms with Crippen LogP contribution in [-0.2, 0) is 4.79 Å². The molecule has 0 radical (unpaired) electrons. The smallest absolute Gasteiger partial charge is 0.223 e. The molecule has 2 aliphatic rings. The van der Waals surface area contributed by atoms with Crippen LogP contribution >= 0.6 is 0 Å². The van der Waals surface area contributed by atoms with Crippen LogP contribution in [0.15, 0.2) is 36.4 Å². The first-order chi connectivity index (χ1) is 12.2. The number of rotatable bonds is 4. The summed E-state index contributed by atoms with van der Waals surface area (Å²) < 4.78 is 13.8. The minimum absolute atomic E-state index is 0.168. The molecule has 1 atom stereocenters. The number of anilines is 1. The molecule has 1 aromatic carbocycles. The lowest BCUT2D eigenvalue weighted by atomic mass is 9.84. The van der Waals surface area contributed by atoms with Crippen molar-refractivity contribution >= 4 is 11.7 Å². The van der Waals surface area contributed by atoms with Gasteiger partial charge < -0.3 is 10.2 Å². The number of hydrogen-bond donors (Lipinski definition) is 1. The molecule has 1 saturated carbocycles. The van der Waals surface area contributed by atoms with E-state index >= 15 is 0 Å². The van der Waals surface area contributed by atoms with Crippen molar-refractivity contribution in [2.24, 2.45) is 5.92 Å².